The van der Waals surface area contributed by atoms with Crippen LogP contribution in [0.4, 0.5) is 0 Å². The van der Waals surface area contributed by atoms with Crippen LogP contribution in [0.25, 0.3) is 0 Å². The highest BCUT2D eigenvalue weighted by Crippen LogP contribution is 2.10. The highest BCUT2D eigenvalue weighted by Gasteiger charge is 2.14. The van der Waals surface area contributed by atoms with Crippen LogP contribution in [0, 0.1) is 0 Å². The van der Waals surface area contributed by atoms with E-state index < -0.39 is 0 Å². The molecule has 2 unspecified atom stereocenters. The summed E-state index contributed by atoms with van der Waals surface area (Å²) in [4.78, 5) is 0. The molecule has 0 fully saturated rings. The van der Waals surface area contributed by atoms with Gasteiger partial charge in [-0.05, 0) is 19.2 Å². The fourth-order valence-electron chi connectivity index (χ4n) is 1.22. The van der Waals surface area contributed by atoms with Crippen LogP contribution in [-0.2, 0) is 6.54 Å². The predicted octanol–water partition coefficient (Wildman–Crippen LogP) is 0.612. The van der Waals surface area contributed by atoms with E-state index in [0.29, 0.717) is 6.04 Å². The lowest BCUT2D eigenvalue weighted by molar-refractivity contribution is 0.275. The van der Waals surface area contributed by atoms with Crippen LogP contribution in [0.15, 0.2) is 12.3 Å². The van der Waals surface area contributed by atoms with Crippen molar-refractivity contribution in [2.75, 3.05) is 12.9 Å². The van der Waals surface area contributed by atoms with Gasteiger partial charge in [-0.3, -0.25) is 5.10 Å². The molecule has 0 saturated heterocycles. The quantitative estimate of drug-likeness (QED) is 0.651. The van der Waals surface area contributed by atoms with Crippen LogP contribution in [0.3, 0.4) is 0 Å². The molecule has 0 aliphatic carbocycles. The Morgan fingerprint density at radius 1 is 1.71 bits per heavy atom. The molecule has 1 aromatic rings. The van der Waals surface area contributed by atoms with Crippen molar-refractivity contribution in [2.45, 2.75) is 24.8 Å². The number of H-pyrrole nitrogens is 1. The van der Waals surface area contributed by atoms with E-state index in [4.69, 9.17) is 5.11 Å². The molecule has 0 aliphatic heterocycles. The zero-order chi connectivity index (χ0) is 10.4. The van der Waals surface area contributed by atoms with E-state index in [1.165, 1.54) is 0 Å². The van der Waals surface area contributed by atoms with Crippen molar-refractivity contribution in [3.8, 4) is 0 Å². The molecule has 5 heteroatoms. The molecule has 0 saturated carbocycles. The molecule has 0 aromatic carbocycles. The lowest BCUT2D eigenvalue weighted by Crippen LogP contribution is -2.37. The second-order valence-electron chi connectivity index (χ2n) is 3.21. The molecule has 0 aliphatic rings. The molecule has 1 heterocycles. The minimum atomic E-state index is 0.207. The molecular formula is C9H17N3OS. The molecule has 1 rings (SSSR count). The third-order valence-electron chi connectivity index (χ3n) is 2.21. The lowest BCUT2D eigenvalue weighted by atomic mass is 10.2. The van der Waals surface area contributed by atoms with Crippen LogP contribution < -0.4 is 5.32 Å². The smallest absolute Gasteiger partial charge is 0.0564 e. The first-order valence-electron chi connectivity index (χ1n) is 4.63. The molecule has 14 heavy (non-hydrogen) atoms. The van der Waals surface area contributed by atoms with Crippen molar-refractivity contribution in [2.24, 2.45) is 0 Å². The van der Waals surface area contributed by atoms with Gasteiger partial charge in [0.1, 0.15) is 0 Å². The second-order valence-corrected chi connectivity index (χ2v) is 4.29. The van der Waals surface area contributed by atoms with E-state index in [0.717, 1.165) is 12.2 Å². The molecule has 0 radical (unpaired) electrons. The minimum absolute atomic E-state index is 0.207. The van der Waals surface area contributed by atoms with Crippen molar-refractivity contribution in [3.05, 3.63) is 18.0 Å². The minimum Gasteiger partial charge on any atom is -0.395 e. The number of hydrogen-bond donors (Lipinski definition) is 3. The molecule has 4 nitrogen and oxygen atoms in total. The number of aromatic nitrogens is 2. The number of rotatable bonds is 6. The number of thioether (sulfide) groups is 1. The van der Waals surface area contributed by atoms with Crippen LogP contribution in [0.2, 0.25) is 0 Å². The van der Waals surface area contributed by atoms with Crippen molar-refractivity contribution < 1.29 is 5.11 Å². The maximum absolute atomic E-state index is 9.07. The van der Waals surface area contributed by atoms with Gasteiger partial charge in [-0.1, -0.05) is 0 Å². The lowest BCUT2D eigenvalue weighted by Gasteiger charge is -2.20. The number of aliphatic hydroxyl groups is 1. The Morgan fingerprint density at radius 3 is 3.00 bits per heavy atom. The average molecular weight is 215 g/mol. The van der Waals surface area contributed by atoms with Gasteiger partial charge in [0.25, 0.3) is 0 Å². The molecule has 1 aromatic heterocycles. The molecule has 3 N–H and O–H groups in total. The van der Waals surface area contributed by atoms with Gasteiger partial charge in [-0.25, -0.2) is 0 Å². The van der Waals surface area contributed by atoms with Gasteiger partial charge in [0.2, 0.25) is 0 Å². The van der Waals surface area contributed by atoms with Crippen molar-refractivity contribution >= 4 is 11.8 Å². The monoisotopic (exact) mass is 215 g/mol. The van der Waals surface area contributed by atoms with E-state index in [1.54, 1.807) is 18.0 Å². The van der Waals surface area contributed by atoms with E-state index >= 15 is 0 Å². The fourth-order valence-corrected chi connectivity index (χ4v) is 1.88. The van der Waals surface area contributed by atoms with E-state index in [9.17, 15) is 0 Å². The third kappa shape index (κ3) is 3.32. The molecule has 80 valence electrons. The zero-order valence-electron chi connectivity index (χ0n) is 8.53. The van der Waals surface area contributed by atoms with Gasteiger partial charge in [0.05, 0.1) is 6.61 Å². The Bertz CT molecular complexity index is 236. The third-order valence-corrected chi connectivity index (χ3v) is 3.38. The van der Waals surface area contributed by atoms with Gasteiger partial charge in [0, 0.05) is 29.7 Å². The summed E-state index contributed by atoms with van der Waals surface area (Å²) >= 11 is 1.68. The summed E-state index contributed by atoms with van der Waals surface area (Å²) in [6.45, 7) is 3.05. The van der Waals surface area contributed by atoms with Gasteiger partial charge in [-0.15, -0.1) is 0 Å². The summed E-state index contributed by atoms with van der Waals surface area (Å²) in [5, 5.41) is 19.4. The zero-order valence-corrected chi connectivity index (χ0v) is 9.34. The SMILES string of the molecule is CSC(CO)C(C)NCc1ccn[nH]1. The first-order valence-corrected chi connectivity index (χ1v) is 5.92. The molecule has 0 spiro atoms. The Hall–Kier alpha value is -0.520. The van der Waals surface area contributed by atoms with Crippen LogP contribution in [0.5, 0.6) is 0 Å². The molecule has 0 bridgehead atoms. The molecule has 0 amide bonds. The van der Waals surface area contributed by atoms with Gasteiger partial charge in [-0.2, -0.15) is 16.9 Å². The maximum Gasteiger partial charge on any atom is 0.0564 e. The first kappa shape index (κ1) is 11.6. The van der Waals surface area contributed by atoms with E-state index in [-0.39, 0.29) is 11.9 Å². The Kier molecular flexibility index (Phi) is 5.00. The summed E-state index contributed by atoms with van der Waals surface area (Å²) in [6.07, 6.45) is 3.75. The first-order chi connectivity index (χ1) is 6.77. The Balaban J connectivity index is 2.30. The standard InChI is InChI=1S/C9H17N3OS/c1-7(9(6-13)14-2)10-5-8-3-4-11-12-8/h3-4,7,9-10,13H,5-6H2,1-2H3,(H,11,12). The predicted molar refractivity (Wildman–Crippen MR) is 59.3 cm³/mol. The largest absolute Gasteiger partial charge is 0.395 e. The van der Waals surface area contributed by atoms with Crippen molar-refractivity contribution in [3.63, 3.8) is 0 Å². The van der Waals surface area contributed by atoms with Crippen molar-refractivity contribution in [1.82, 2.24) is 15.5 Å². The van der Waals surface area contributed by atoms with Gasteiger partial charge in [0.15, 0.2) is 0 Å². The Morgan fingerprint density at radius 2 is 2.50 bits per heavy atom. The van der Waals surface area contributed by atoms with Crippen molar-refractivity contribution in [1.29, 1.82) is 0 Å². The van der Waals surface area contributed by atoms with E-state index in [1.807, 2.05) is 12.3 Å². The fraction of sp³-hybridized carbons (Fsp3) is 0.667. The van der Waals surface area contributed by atoms with E-state index in [2.05, 4.69) is 22.4 Å². The number of nitrogens with one attached hydrogen (secondary N) is 2. The number of aromatic amines is 1. The number of nitrogens with zero attached hydrogens (tertiary/aromatic N) is 1. The van der Waals surface area contributed by atoms with Crippen LogP contribution in [-0.4, -0.2) is 39.5 Å². The summed E-state index contributed by atoms with van der Waals surface area (Å²) < 4.78 is 0. The van der Waals surface area contributed by atoms with Crippen LogP contribution in [0.1, 0.15) is 12.6 Å². The second kappa shape index (κ2) is 6.06. The van der Waals surface area contributed by atoms with Gasteiger partial charge >= 0.3 is 0 Å². The maximum atomic E-state index is 9.07. The van der Waals surface area contributed by atoms with Gasteiger partial charge < -0.3 is 10.4 Å². The highest BCUT2D eigenvalue weighted by molar-refractivity contribution is 7.99. The number of hydrogen-bond acceptors (Lipinski definition) is 4. The molecular weight excluding hydrogens is 198 g/mol. The Labute approximate surface area is 88.5 Å². The summed E-state index contributed by atoms with van der Waals surface area (Å²) in [5.74, 6) is 0. The van der Waals surface area contributed by atoms with Crippen LogP contribution >= 0.6 is 11.8 Å². The normalized spacial score (nSPS) is 15.4. The summed E-state index contributed by atoms with van der Waals surface area (Å²) in [7, 11) is 0. The topological polar surface area (TPSA) is 60.9 Å². The highest BCUT2D eigenvalue weighted by atomic mass is 32.2. The summed E-state index contributed by atoms with van der Waals surface area (Å²) in [6, 6.07) is 2.23. The summed E-state index contributed by atoms with van der Waals surface area (Å²) in [5.41, 5.74) is 1.06. The number of aliphatic hydroxyl groups excluding tert-OH is 1. The molecule has 2 atom stereocenters. The average Bonchev–Trinajstić information content (AvgIpc) is 2.69.